The lowest BCUT2D eigenvalue weighted by Crippen LogP contribution is -2.28. The first kappa shape index (κ1) is 17.8. The van der Waals surface area contributed by atoms with Gasteiger partial charge in [-0.25, -0.2) is 13.4 Å². The highest BCUT2D eigenvalue weighted by Gasteiger charge is 2.38. The molecule has 1 heterocycles. The summed E-state index contributed by atoms with van der Waals surface area (Å²) in [4.78, 5) is 3.56. The molecule has 25 heavy (non-hydrogen) atoms. The molecule has 0 saturated heterocycles. The van der Waals surface area contributed by atoms with Gasteiger partial charge in [-0.2, -0.15) is 17.5 Å². The predicted molar refractivity (Wildman–Crippen MR) is 89.7 cm³/mol. The van der Waals surface area contributed by atoms with E-state index in [-0.39, 0.29) is 6.54 Å². The molecule has 9 heteroatoms. The van der Waals surface area contributed by atoms with Crippen molar-refractivity contribution in [3.05, 3.63) is 59.1 Å². The Kier molecular flexibility index (Phi) is 4.56. The summed E-state index contributed by atoms with van der Waals surface area (Å²) in [6, 6.07) is 11.5. The van der Waals surface area contributed by atoms with Crippen molar-refractivity contribution in [2.45, 2.75) is 17.6 Å². The molecule has 3 rings (SSSR count). The molecule has 2 aromatic carbocycles. The zero-order chi connectivity index (χ0) is 18.2. The summed E-state index contributed by atoms with van der Waals surface area (Å²) in [7, 11) is -3.06. The normalized spacial score (nSPS) is 12.8. The Morgan fingerprint density at radius 2 is 1.72 bits per heavy atom. The van der Waals surface area contributed by atoms with Gasteiger partial charge in [-0.15, -0.1) is 11.3 Å². The van der Waals surface area contributed by atoms with Crippen LogP contribution in [0.3, 0.4) is 0 Å². The van der Waals surface area contributed by atoms with Crippen LogP contribution in [-0.4, -0.2) is 24.8 Å². The monoisotopic (exact) mass is 386 g/mol. The van der Waals surface area contributed by atoms with E-state index in [2.05, 4.69) is 4.98 Å². The van der Waals surface area contributed by atoms with E-state index >= 15 is 0 Å². The van der Waals surface area contributed by atoms with Gasteiger partial charge in [0.1, 0.15) is 5.01 Å². The largest absolute Gasteiger partial charge is 0.417 e. The Hall–Kier alpha value is -1.97. The van der Waals surface area contributed by atoms with Crippen molar-refractivity contribution in [1.29, 1.82) is 0 Å². The van der Waals surface area contributed by atoms with Crippen LogP contribution in [-0.2, 0) is 22.7 Å². The molecular formula is C16H13F3N2O2S2. The molecule has 0 unspecified atom stereocenters. The molecule has 0 aliphatic heterocycles. The first-order chi connectivity index (χ1) is 11.7. The van der Waals surface area contributed by atoms with E-state index in [1.165, 1.54) is 24.5 Å². The average Bonchev–Trinajstić information content (AvgIpc) is 2.96. The van der Waals surface area contributed by atoms with Crippen LogP contribution in [0.4, 0.5) is 13.2 Å². The highest BCUT2D eigenvalue weighted by molar-refractivity contribution is 7.89. The van der Waals surface area contributed by atoms with Crippen LogP contribution in [0.2, 0.25) is 0 Å². The fourth-order valence-electron chi connectivity index (χ4n) is 2.36. The molecule has 0 radical (unpaired) electrons. The zero-order valence-corrected chi connectivity index (χ0v) is 14.6. The number of halogens is 3. The number of para-hydroxylation sites is 1. The summed E-state index contributed by atoms with van der Waals surface area (Å²) in [6.07, 6.45) is -4.75. The third-order valence-electron chi connectivity index (χ3n) is 3.58. The summed E-state index contributed by atoms with van der Waals surface area (Å²) in [5, 5.41) is 0.511. The van der Waals surface area contributed by atoms with Gasteiger partial charge in [-0.05, 0) is 24.3 Å². The number of sulfonamides is 1. The van der Waals surface area contributed by atoms with Crippen LogP contribution < -0.4 is 0 Å². The first-order valence-corrected chi connectivity index (χ1v) is 9.42. The van der Waals surface area contributed by atoms with E-state index in [0.29, 0.717) is 5.01 Å². The molecule has 0 saturated carbocycles. The second kappa shape index (κ2) is 6.40. The van der Waals surface area contributed by atoms with Gasteiger partial charge in [-0.3, -0.25) is 0 Å². The zero-order valence-electron chi connectivity index (χ0n) is 13.0. The van der Waals surface area contributed by atoms with Crippen molar-refractivity contribution in [3.8, 4) is 0 Å². The van der Waals surface area contributed by atoms with E-state index in [4.69, 9.17) is 0 Å². The maximum absolute atomic E-state index is 13.1. The Morgan fingerprint density at radius 1 is 1.08 bits per heavy atom. The molecule has 0 amide bonds. The summed E-state index contributed by atoms with van der Waals surface area (Å²) in [6.45, 7) is -0.103. The number of fused-ring (bicyclic) bond motifs is 1. The Balaban J connectivity index is 1.95. The Labute approximate surface area is 146 Å². The second-order valence-corrected chi connectivity index (χ2v) is 8.46. The number of thiazole rings is 1. The van der Waals surface area contributed by atoms with Crippen LogP contribution in [0.5, 0.6) is 0 Å². The van der Waals surface area contributed by atoms with E-state index in [0.717, 1.165) is 32.7 Å². The quantitative estimate of drug-likeness (QED) is 0.677. The molecule has 1 aromatic heterocycles. The molecular weight excluding hydrogens is 373 g/mol. The van der Waals surface area contributed by atoms with Crippen molar-refractivity contribution in [2.75, 3.05) is 7.05 Å². The number of hydrogen-bond acceptors (Lipinski definition) is 4. The lowest BCUT2D eigenvalue weighted by molar-refractivity contribution is -0.139. The summed E-state index contributed by atoms with van der Waals surface area (Å²) in [5.41, 5.74) is -0.449. The van der Waals surface area contributed by atoms with Crippen LogP contribution in [0, 0.1) is 0 Å². The fraction of sp³-hybridized carbons (Fsp3) is 0.188. The van der Waals surface area contributed by atoms with Gasteiger partial charge in [0.2, 0.25) is 10.0 Å². The third-order valence-corrected chi connectivity index (χ3v) is 6.46. The van der Waals surface area contributed by atoms with E-state index < -0.39 is 26.7 Å². The molecule has 0 atom stereocenters. The standard InChI is InChI=1S/C16H13F3N2O2S2/c1-21(10-15-20-12-7-3-4-8-13(12)24-15)25(22,23)14-9-5-2-6-11(14)16(17,18)19/h2-9H,10H2,1H3. The number of rotatable bonds is 4. The summed E-state index contributed by atoms with van der Waals surface area (Å²) >= 11 is 1.31. The van der Waals surface area contributed by atoms with Crippen molar-refractivity contribution in [1.82, 2.24) is 9.29 Å². The SMILES string of the molecule is CN(Cc1nc2ccccc2s1)S(=O)(=O)c1ccccc1C(F)(F)F. The molecule has 0 fully saturated rings. The minimum Gasteiger partial charge on any atom is -0.240 e. The number of nitrogens with zero attached hydrogens (tertiary/aromatic N) is 2. The highest BCUT2D eigenvalue weighted by atomic mass is 32.2. The van der Waals surface area contributed by atoms with Gasteiger partial charge in [0.05, 0.1) is 27.2 Å². The van der Waals surface area contributed by atoms with Crippen molar-refractivity contribution >= 4 is 31.6 Å². The minimum atomic E-state index is -4.75. The smallest absolute Gasteiger partial charge is 0.240 e. The topological polar surface area (TPSA) is 50.3 Å². The predicted octanol–water partition coefficient (Wildman–Crippen LogP) is 4.14. The van der Waals surface area contributed by atoms with Crippen molar-refractivity contribution in [2.24, 2.45) is 0 Å². The van der Waals surface area contributed by atoms with Gasteiger partial charge in [0.15, 0.2) is 0 Å². The highest BCUT2D eigenvalue weighted by Crippen LogP contribution is 2.35. The average molecular weight is 386 g/mol. The number of hydrogen-bond donors (Lipinski definition) is 0. The lowest BCUT2D eigenvalue weighted by Gasteiger charge is -2.19. The van der Waals surface area contributed by atoms with Gasteiger partial charge in [0.25, 0.3) is 0 Å². The number of aromatic nitrogens is 1. The third kappa shape index (κ3) is 3.53. The van der Waals surface area contributed by atoms with Crippen LogP contribution in [0.25, 0.3) is 10.2 Å². The summed E-state index contributed by atoms with van der Waals surface area (Å²) < 4.78 is 66.4. The molecule has 4 nitrogen and oxygen atoms in total. The Morgan fingerprint density at radius 3 is 2.40 bits per heavy atom. The summed E-state index contributed by atoms with van der Waals surface area (Å²) in [5.74, 6) is 0. The van der Waals surface area contributed by atoms with Gasteiger partial charge in [0, 0.05) is 7.05 Å². The maximum atomic E-state index is 13.1. The van der Waals surface area contributed by atoms with Gasteiger partial charge >= 0.3 is 6.18 Å². The van der Waals surface area contributed by atoms with Crippen LogP contribution in [0.15, 0.2) is 53.4 Å². The molecule has 132 valence electrons. The van der Waals surface area contributed by atoms with Gasteiger partial charge < -0.3 is 0 Å². The Bertz CT molecular complexity index is 980. The number of benzene rings is 2. The van der Waals surface area contributed by atoms with E-state index in [1.54, 1.807) is 6.07 Å². The van der Waals surface area contributed by atoms with Gasteiger partial charge in [-0.1, -0.05) is 24.3 Å². The molecule has 0 bridgehead atoms. The first-order valence-electron chi connectivity index (χ1n) is 7.16. The van der Waals surface area contributed by atoms with Crippen LogP contribution >= 0.6 is 11.3 Å². The maximum Gasteiger partial charge on any atom is 0.417 e. The van der Waals surface area contributed by atoms with E-state index in [1.807, 2.05) is 18.2 Å². The minimum absolute atomic E-state index is 0.103. The van der Waals surface area contributed by atoms with E-state index in [9.17, 15) is 21.6 Å². The number of alkyl halides is 3. The van der Waals surface area contributed by atoms with Crippen molar-refractivity contribution in [3.63, 3.8) is 0 Å². The molecule has 3 aromatic rings. The molecule has 0 aliphatic rings. The fourth-order valence-corrected chi connectivity index (χ4v) is 4.80. The molecule has 0 aliphatic carbocycles. The van der Waals surface area contributed by atoms with Crippen LogP contribution in [0.1, 0.15) is 10.6 Å². The lowest BCUT2D eigenvalue weighted by atomic mass is 10.2. The second-order valence-electron chi connectivity index (χ2n) is 5.33. The van der Waals surface area contributed by atoms with Crippen molar-refractivity contribution < 1.29 is 21.6 Å². The molecule has 0 spiro atoms. The molecule has 0 N–H and O–H groups in total.